The van der Waals surface area contributed by atoms with Crippen molar-refractivity contribution in [2.45, 2.75) is 18.7 Å². The van der Waals surface area contributed by atoms with Gasteiger partial charge in [0, 0.05) is 43.5 Å². The Hall–Kier alpha value is -2.52. The topological polar surface area (TPSA) is 73.3 Å². The molecular weight excluding hydrogens is 363 g/mol. The molecule has 0 spiro atoms. The van der Waals surface area contributed by atoms with E-state index in [1.165, 1.54) is 18.3 Å². The van der Waals surface area contributed by atoms with Gasteiger partial charge in [0.15, 0.2) is 12.4 Å². The second-order valence-electron chi connectivity index (χ2n) is 6.04. The van der Waals surface area contributed by atoms with E-state index in [4.69, 9.17) is 4.74 Å². The average molecular weight is 381 g/mol. The van der Waals surface area contributed by atoms with E-state index in [2.05, 4.69) is 20.0 Å². The predicted molar refractivity (Wildman–Crippen MR) is 89.6 cm³/mol. The Kier molecular flexibility index (Phi) is 6.02. The van der Waals surface area contributed by atoms with Crippen LogP contribution in [-0.4, -0.2) is 48.2 Å². The minimum atomic E-state index is -4.44. The summed E-state index contributed by atoms with van der Waals surface area (Å²) in [6.45, 7) is 0.713. The molecule has 0 radical (unpaired) electrons. The maximum Gasteiger partial charge on any atom is 0.422 e. The van der Waals surface area contributed by atoms with Crippen LogP contribution in [0, 0.1) is 0 Å². The van der Waals surface area contributed by atoms with E-state index in [-0.39, 0.29) is 24.2 Å². The van der Waals surface area contributed by atoms with Gasteiger partial charge in [-0.25, -0.2) is 4.98 Å². The van der Waals surface area contributed by atoms with Crippen LogP contribution in [0.2, 0.25) is 0 Å². The van der Waals surface area contributed by atoms with E-state index in [0.717, 1.165) is 17.8 Å². The number of morpholine rings is 1. The standard InChI is InChI=1S/C18H18F3N3O3/c19-18(20,21)11-27-17-4-2-13(9-24-17)15(25)7-12-1-3-14(23-8-12)16-10-22-5-6-26-16/h1-4,8-9,16,22H,5-7,10-11H2/t16-/m1/s1. The van der Waals surface area contributed by atoms with Crippen LogP contribution in [0.3, 0.4) is 0 Å². The lowest BCUT2D eigenvalue weighted by Crippen LogP contribution is -2.33. The highest BCUT2D eigenvalue weighted by molar-refractivity contribution is 5.97. The number of halogens is 3. The minimum absolute atomic E-state index is 0.100. The molecule has 1 aliphatic rings. The SMILES string of the molecule is O=C(Cc1ccc([C@H]2CNCCO2)nc1)c1ccc(OCC(F)(F)F)nc1. The number of nitrogens with one attached hydrogen (secondary N) is 1. The van der Waals surface area contributed by atoms with Gasteiger partial charge < -0.3 is 14.8 Å². The number of carbonyl (C=O) groups is 1. The maximum atomic E-state index is 12.3. The molecule has 0 amide bonds. The molecule has 144 valence electrons. The number of Topliss-reactive ketones (excluding diaryl/α,β-unsaturated/α-hetero) is 1. The van der Waals surface area contributed by atoms with Crippen LogP contribution in [0.4, 0.5) is 13.2 Å². The van der Waals surface area contributed by atoms with Crippen molar-refractivity contribution in [3.63, 3.8) is 0 Å². The number of rotatable bonds is 6. The molecule has 1 N–H and O–H groups in total. The Morgan fingerprint density at radius 2 is 2.07 bits per heavy atom. The summed E-state index contributed by atoms with van der Waals surface area (Å²) in [4.78, 5) is 20.4. The van der Waals surface area contributed by atoms with Gasteiger partial charge in [-0.1, -0.05) is 6.07 Å². The molecule has 27 heavy (non-hydrogen) atoms. The van der Waals surface area contributed by atoms with E-state index < -0.39 is 12.8 Å². The van der Waals surface area contributed by atoms with Crippen molar-refractivity contribution in [1.82, 2.24) is 15.3 Å². The van der Waals surface area contributed by atoms with Crippen LogP contribution >= 0.6 is 0 Å². The maximum absolute atomic E-state index is 12.3. The summed E-state index contributed by atoms with van der Waals surface area (Å²) in [7, 11) is 0. The van der Waals surface area contributed by atoms with Gasteiger partial charge in [0.1, 0.15) is 6.10 Å². The van der Waals surface area contributed by atoms with E-state index >= 15 is 0 Å². The number of ether oxygens (including phenoxy) is 2. The quantitative estimate of drug-likeness (QED) is 0.776. The first kappa shape index (κ1) is 19.2. The molecule has 6 nitrogen and oxygen atoms in total. The number of alkyl halides is 3. The van der Waals surface area contributed by atoms with Crippen molar-refractivity contribution >= 4 is 5.78 Å². The summed E-state index contributed by atoms with van der Waals surface area (Å²) in [5.41, 5.74) is 1.81. The lowest BCUT2D eigenvalue weighted by atomic mass is 10.1. The number of ketones is 1. The molecule has 2 aromatic heterocycles. The molecule has 1 atom stereocenters. The zero-order chi connectivity index (χ0) is 19.3. The van der Waals surface area contributed by atoms with Crippen molar-refractivity contribution in [1.29, 1.82) is 0 Å². The first-order valence-electron chi connectivity index (χ1n) is 8.37. The average Bonchev–Trinajstić information content (AvgIpc) is 2.67. The lowest BCUT2D eigenvalue weighted by molar-refractivity contribution is -0.154. The smallest absolute Gasteiger partial charge is 0.422 e. The highest BCUT2D eigenvalue weighted by Crippen LogP contribution is 2.19. The third kappa shape index (κ3) is 5.73. The second kappa shape index (κ2) is 8.45. The number of nitrogens with zero attached hydrogens (tertiary/aromatic N) is 2. The van der Waals surface area contributed by atoms with Crippen molar-refractivity contribution in [2.75, 3.05) is 26.3 Å². The fraction of sp³-hybridized carbons (Fsp3) is 0.389. The number of hydrogen-bond acceptors (Lipinski definition) is 6. The molecule has 1 saturated heterocycles. The second-order valence-corrected chi connectivity index (χ2v) is 6.04. The van der Waals surface area contributed by atoms with Crippen LogP contribution < -0.4 is 10.1 Å². The monoisotopic (exact) mass is 381 g/mol. The van der Waals surface area contributed by atoms with Gasteiger partial charge in [0.2, 0.25) is 5.88 Å². The highest BCUT2D eigenvalue weighted by Gasteiger charge is 2.28. The van der Waals surface area contributed by atoms with Crippen LogP contribution in [0.15, 0.2) is 36.7 Å². The molecule has 2 aromatic rings. The van der Waals surface area contributed by atoms with Crippen LogP contribution in [0.1, 0.15) is 27.7 Å². The summed E-state index contributed by atoms with van der Waals surface area (Å²) < 4.78 is 46.5. The molecule has 3 heterocycles. The third-order valence-electron chi connectivity index (χ3n) is 3.91. The Balaban J connectivity index is 1.56. The van der Waals surface area contributed by atoms with Gasteiger partial charge >= 0.3 is 6.18 Å². The van der Waals surface area contributed by atoms with Gasteiger partial charge in [0.25, 0.3) is 0 Å². The molecule has 0 unspecified atom stereocenters. The third-order valence-corrected chi connectivity index (χ3v) is 3.91. The number of pyridine rings is 2. The Bertz CT molecular complexity index is 758. The van der Waals surface area contributed by atoms with Gasteiger partial charge in [-0.3, -0.25) is 9.78 Å². The lowest BCUT2D eigenvalue weighted by Gasteiger charge is -2.23. The van der Waals surface area contributed by atoms with Gasteiger partial charge in [0.05, 0.1) is 12.3 Å². The van der Waals surface area contributed by atoms with Crippen molar-refractivity contribution in [2.24, 2.45) is 0 Å². The molecule has 0 aromatic carbocycles. The van der Waals surface area contributed by atoms with Crippen molar-refractivity contribution < 1.29 is 27.4 Å². The van der Waals surface area contributed by atoms with Gasteiger partial charge in [-0.2, -0.15) is 13.2 Å². The summed E-state index contributed by atoms with van der Waals surface area (Å²) in [6.07, 6.45) is -1.59. The van der Waals surface area contributed by atoms with Crippen LogP contribution in [0.5, 0.6) is 5.88 Å². The van der Waals surface area contributed by atoms with Crippen molar-refractivity contribution in [3.8, 4) is 5.88 Å². The zero-order valence-electron chi connectivity index (χ0n) is 14.3. The van der Waals surface area contributed by atoms with E-state index in [1.54, 1.807) is 6.20 Å². The highest BCUT2D eigenvalue weighted by atomic mass is 19.4. The van der Waals surface area contributed by atoms with Gasteiger partial charge in [-0.15, -0.1) is 0 Å². The normalized spacial score (nSPS) is 17.5. The molecule has 0 aliphatic carbocycles. The Labute approximate surface area is 153 Å². The molecule has 3 rings (SSSR count). The molecule has 9 heteroatoms. The first-order valence-corrected chi connectivity index (χ1v) is 8.37. The fourth-order valence-electron chi connectivity index (χ4n) is 2.56. The number of aromatic nitrogens is 2. The summed E-state index contributed by atoms with van der Waals surface area (Å²) in [5.74, 6) is -0.397. The number of carbonyl (C=O) groups excluding carboxylic acids is 1. The van der Waals surface area contributed by atoms with Crippen LogP contribution in [-0.2, 0) is 11.2 Å². The fourth-order valence-corrected chi connectivity index (χ4v) is 2.56. The molecule has 0 saturated carbocycles. The van der Waals surface area contributed by atoms with E-state index in [9.17, 15) is 18.0 Å². The minimum Gasteiger partial charge on any atom is -0.468 e. The largest absolute Gasteiger partial charge is 0.468 e. The van der Waals surface area contributed by atoms with Crippen molar-refractivity contribution in [3.05, 3.63) is 53.5 Å². The Morgan fingerprint density at radius 3 is 2.67 bits per heavy atom. The van der Waals surface area contributed by atoms with E-state index in [0.29, 0.717) is 18.7 Å². The van der Waals surface area contributed by atoms with E-state index in [1.807, 2.05) is 12.1 Å². The molecule has 0 bridgehead atoms. The molecule has 1 fully saturated rings. The number of hydrogen-bond donors (Lipinski definition) is 1. The zero-order valence-corrected chi connectivity index (χ0v) is 14.3. The Morgan fingerprint density at radius 1 is 1.22 bits per heavy atom. The van der Waals surface area contributed by atoms with Gasteiger partial charge in [-0.05, 0) is 17.7 Å². The molecule has 1 aliphatic heterocycles. The first-order chi connectivity index (χ1) is 12.9. The summed E-state index contributed by atoms with van der Waals surface area (Å²) in [5, 5.41) is 3.22. The van der Waals surface area contributed by atoms with Crippen LogP contribution in [0.25, 0.3) is 0 Å². The predicted octanol–water partition coefficient (Wildman–Crippen LogP) is 2.50. The molecular formula is C18H18F3N3O3. The summed E-state index contributed by atoms with van der Waals surface area (Å²) in [6, 6.07) is 6.27. The summed E-state index contributed by atoms with van der Waals surface area (Å²) >= 11 is 0.